The number of nitro groups is 1. The van der Waals surface area contributed by atoms with Gasteiger partial charge in [-0.2, -0.15) is 0 Å². The Balaban J connectivity index is 2.34. The lowest BCUT2D eigenvalue weighted by atomic mass is 10.1. The molecule has 2 rings (SSSR count). The summed E-state index contributed by atoms with van der Waals surface area (Å²) >= 11 is 0. The van der Waals surface area contributed by atoms with Gasteiger partial charge in [-0.05, 0) is 18.2 Å². The normalized spacial score (nSPS) is 10.1. The van der Waals surface area contributed by atoms with E-state index in [1.165, 1.54) is 33.5 Å². The molecule has 0 unspecified atom stereocenters. The van der Waals surface area contributed by atoms with E-state index in [-0.39, 0.29) is 23.5 Å². The number of primary amides is 1. The number of carbonyl (C=O) groups excluding carboxylic acids is 1. The number of anilines is 1. The molecule has 0 radical (unpaired) electrons. The third-order valence-corrected chi connectivity index (χ3v) is 3.73. The van der Waals surface area contributed by atoms with Gasteiger partial charge in [-0.1, -0.05) is 0 Å². The fourth-order valence-corrected chi connectivity index (χ4v) is 2.41. The van der Waals surface area contributed by atoms with Gasteiger partial charge < -0.3 is 25.3 Å². The van der Waals surface area contributed by atoms with Gasteiger partial charge in [0.05, 0.1) is 26.3 Å². The average molecular weight is 361 g/mol. The molecule has 0 aliphatic carbocycles. The number of amides is 1. The molecule has 138 valence electrons. The van der Waals surface area contributed by atoms with Crippen LogP contribution in [-0.4, -0.2) is 32.2 Å². The van der Waals surface area contributed by atoms with E-state index in [1.807, 2.05) is 0 Å². The summed E-state index contributed by atoms with van der Waals surface area (Å²) < 4.78 is 15.8. The Morgan fingerprint density at radius 2 is 1.69 bits per heavy atom. The van der Waals surface area contributed by atoms with Crippen molar-refractivity contribution in [3.63, 3.8) is 0 Å². The molecule has 0 fully saturated rings. The molecule has 9 nitrogen and oxygen atoms in total. The molecule has 2 aromatic rings. The third kappa shape index (κ3) is 3.94. The number of nitrogens with one attached hydrogen (secondary N) is 1. The standard InChI is InChI=1S/C17H19N3O6/c1-24-14-8-16(26-3)15(25-2)7-11(14)9-19-12-5-4-10(17(18)21)6-13(12)20(22)23/h4-8,19H,9H2,1-3H3,(H2,18,21). The molecule has 0 saturated carbocycles. The number of nitrogens with zero attached hydrogens (tertiary/aromatic N) is 1. The van der Waals surface area contributed by atoms with E-state index in [0.29, 0.717) is 22.8 Å². The zero-order valence-corrected chi connectivity index (χ0v) is 14.6. The summed E-state index contributed by atoms with van der Waals surface area (Å²) in [6, 6.07) is 7.38. The Hall–Kier alpha value is -3.49. The molecule has 0 atom stereocenters. The van der Waals surface area contributed by atoms with Crippen LogP contribution >= 0.6 is 0 Å². The number of nitrogens with two attached hydrogens (primary N) is 1. The van der Waals surface area contributed by atoms with Crippen LogP contribution in [0.15, 0.2) is 30.3 Å². The van der Waals surface area contributed by atoms with E-state index in [4.69, 9.17) is 19.9 Å². The lowest BCUT2D eigenvalue weighted by Crippen LogP contribution is -2.12. The largest absolute Gasteiger partial charge is 0.496 e. The maximum atomic E-state index is 11.3. The molecule has 0 aliphatic heterocycles. The molecule has 9 heteroatoms. The fourth-order valence-electron chi connectivity index (χ4n) is 2.41. The molecule has 0 spiro atoms. The van der Waals surface area contributed by atoms with Crippen LogP contribution in [0.5, 0.6) is 17.2 Å². The van der Waals surface area contributed by atoms with Gasteiger partial charge in [0.1, 0.15) is 11.4 Å². The van der Waals surface area contributed by atoms with Crippen LogP contribution in [-0.2, 0) is 6.54 Å². The minimum atomic E-state index is -0.735. The monoisotopic (exact) mass is 361 g/mol. The van der Waals surface area contributed by atoms with Gasteiger partial charge in [0, 0.05) is 29.8 Å². The number of nitro benzene ring substituents is 1. The number of carbonyl (C=O) groups is 1. The maximum absolute atomic E-state index is 11.3. The Bertz CT molecular complexity index is 837. The fraction of sp³-hybridized carbons (Fsp3) is 0.235. The van der Waals surface area contributed by atoms with Gasteiger partial charge in [-0.25, -0.2) is 0 Å². The van der Waals surface area contributed by atoms with Crippen molar-refractivity contribution in [1.82, 2.24) is 0 Å². The van der Waals surface area contributed by atoms with Crippen molar-refractivity contribution in [2.75, 3.05) is 26.6 Å². The summed E-state index contributed by atoms with van der Waals surface area (Å²) in [6.45, 7) is 0.223. The second-order valence-corrected chi connectivity index (χ2v) is 5.23. The maximum Gasteiger partial charge on any atom is 0.293 e. The van der Waals surface area contributed by atoms with Crippen molar-refractivity contribution >= 4 is 17.3 Å². The van der Waals surface area contributed by atoms with Crippen molar-refractivity contribution in [2.24, 2.45) is 5.73 Å². The van der Waals surface area contributed by atoms with Gasteiger partial charge in [0.25, 0.3) is 5.69 Å². The highest BCUT2D eigenvalue weighted by atomic mass is 16.6. The van der Waals surface area contributed by atoms with Crippen LogP contribution in [0.3, 0.4) is 0 Å². The first-order valence-corrected chi connectivity index (χ1v) is 7.52. The Kier molecular flexibility index (Phi) is 5.84. The van der Waals surface area contributed by atoms with Crippen molar-refractivity contribution < 1.29 is 23.9 Å². The van der Waals surface area contributed by atoms with Gasteiger partial charge in [-0.3, -0.25) is 14.9 Å². The SMILES string of the molecule is COc1cc(OC)c(OC)cc1CNc1ccc(C(N)=O)cc1[N+](=O)[O-]. The van der Waals surface area contributed by atoms with E-state index in [9.17, 15) is 14.9 Å². The van der Waals surface area contributed by atoms with Crippen LogP contribution in [0, 0.1) is 10.1 Å². The van der Waals surface area contributed by atoms with Crippen LogP contribution in [0.2, 0.25) is 0 Å². The van der Waals surface area contributed by atoms with Crippen LogP contribution in [0.1, 0.15) is 15.9 Å². The van der Waals surface area contributed by atoms with Crippen LogP contribution < -0.4 is 25.3 Å². The predicted molar refractivity (Wildman–Crippen MR) is 95.0 cm³/mol. The van der Waals surface area contributed by atoms with Gasteiger partial charge >= 0.3 is 0 Å². The number of benzene rings is 2. The number of hydrogen-bond acceptors (Lipinski definition) is 7. The summed E-state index contributed by atoms with van der Waals surface area (Å²) in [5, 5.41) is 14.2. The summed E-state index contributed by atoms with van der Waals surface area (Å²) in [5.74, 6) is 0.807. The Morgan fingerprint density at radius 1 is 1.08 bits per heavy atom. The van der Waals surface area contributed by atoms with E-state index in [0.717, 1.165) is 6.07 Å². The first kappa shape index (κ1) is 18.8. The molecule has 0 aliphatic rings. The molecule has 1 amide bonds. The zero-order valence-electron chi connectivity index (χ0n) is 14.6. The quantitative estimate of drug-likeness (QED) is 0.546. The lowest BCUT2D eigenvalue weighted by molar-refractivity contribution is -0.384. The van der Waals surface area contributed by atoms with E-state index in [1.54, 1.807) is 12.1 Å². The second kappa shape index (κ2) is 8.06. The second-order valence-electron chi connectivity index (χ2n) is 5.23. The van der Waals surface area contributed by atoms with Gasteiger partial charge in [-0.15, -0.1) is 0 Å². The van der Waals surface area contributed by atoms with Crippen LogP contribution in [0.25, 0.3) is 0 Å². The number of ether oxygens (including phenoxy) is 3. The van der Waals surface area contributed by atoms with Crippen molar-refractivity contribution in [2.45, 2.75) is 6.54 Å². The highest BCUT2D eigenvalue weighted by Crippen LogP contribution is 2.35. The van der Waals surface area contributed by atoms with Crippen LogP contribution in [0.4, 0.5) is 11.4 Å². The van der Waals surface area contributed by atoms with E-state index in [2.05, 4.69) is 5.32 Å². The number of rotatable bonds is 8. The van der Waals surface area contributed by atoms with Crippen molar-refractivity contribution in [3.05, 3.63) is 51.6 Å². The minimum absolute atomic E-state index is 0.0611. The first-order valence-electron chi connectivity index (χ1n) is 7.52. The molecule has 26 heavy (non-hydrogen) atoms. The Labute approximate surface area is 149 Å². The molecule has 2 aromatic carbocycles. The lowest BCUT2D eigenvalue weighted by Gasteiger charge is -2.15. The highest BCUT2D eigenvalue weighted by Gasteiger charge is 2.18. The summed E-state index contributed by atoms with van der Waals surface area (Å²) in [4.78, 5) is 21.9. The first-order chi connectivity index (χ1) is 12.4. The molecule has 0 heterocycles. The van der Waals surface area contributed by atoms with Crippen molar-refractivity contribution in [3.8, 4) is 17.2 Å². The summed E-state index contributed by atoms with van der Waals surface area (Å²) in [6.07, 6.45) is 0. The summed E-state index contributed by atoms with van der Waals surface area (Å²) in [5.41, 5.74) is 5.94. The molecule has 3 N–H and O–H groups in total. The molecular formula is C17H19N3O6. The smallest absolute Gasteiger partial charge is 0.293 e. The highest BCUT2D eigenvalue weighted by molar-refractivity contribution is 5.94. The molecular weight excluding hydrogens is 342 g/mol. The number of methoxy groups -OCH3 is 3. The predicted octanol–water partition coefficient (Wildman–Crippen LogP) is 2.33. The number of hydrogen-bond donors (Lipinski definition) is 2. The van der Waals surface area contributed by atoms with Gasteiger partial charge in [0.15, 0.2) is 11.5 Å². The van der Waals surface area contributed by atoms with Crippen molar-refractivity contribution in [1.29, 1.82) is 0 Å². The van der Waals surface area contributed by atoms with Gasteiger partial charge in [0.2, 0.25) is 5.91 Å². The topological polar surface area (TPSA) is 126 Å². The molecule has 0 bridgehead atoms. The molecule has 0 aromatic heterocycles. The minimum Gasteiger partial charge on any atom is -0.496 e. The van der Waals surface area contributed by atoms with E-state index < -0.39 is 10.8 Å². The zero-order chi connectivity index (χ0) is 19.3. The van der Waals surface area contributed by atoms with E-state index >= 15 is 0 Å². The Morgan fingerprint density at radius 3 is 2.23 bits per heavy atom. The third-order valence-electron chi connectivity index (χ3n) is 3.73. The molecule has 0 saturated heterocycles. The summed E-state index contributed by atoms with van der Waals surface area (Å²) in [7, 11) is 4.53. The average Bonchev–Trinajstić information content (AvgIpc) is 2.65.